The number of rotatable bonds is 3. The minimum Gasteiger partial charge on any atom is -0.508 e. The molecular formula is C17H14N6O. The van der Waals surface area contributed by atoms with Crippen molar-refractivity contribution in [2.45, 2.75) is 0 Å². The summed E-state index contributed by atoms with van der Waals surface area (Å²) < 4.78 is 1.70. The monoisotopic (exact) mass is 318 g/mol. The van der Waals surface area contributed by atoms with Gasteiger partial charge in [-0.3, -0.25) is 0 Å². The van der Waals surface area contributed by atoms with Gasteiger partial charge >= 0.3 is 0 Å². The van der Waals surface area contributed by atoms with Gasteiger partial charge in [0.1, 0.15) is 5.75 Å². The third-order valence-electron chi connectivity index (χ3n) is 3.57. The molecule has 0 aliphatic rings. The SMILES string of the molecule is Nc1ccc(Nc2ncc3cnn(-c4ccc(O)cc4)c3n2)cc1. The largest absolute Gasteiger partial charge is 0.508 e. The van der Waals surface area contributed by atoms with Crippen LogP contribution >= 0.6 is 0 Å². The predicted octanol–water partition coefficient (Wildman–Crippen LogP) is 2.85. The van der Waals surface area contributed by atoms with Crippen LogP contribution in [0.15, 0.2) is 60.9 Å². The van der Waals surface area contributed by atoms with Crippen LogP contribution in [0.2, 0.25) is 0 Å². The van der Waals surface area contributed by atoms with Gasteiger partial charge in [-0.1, -0.05) is 0 Å². The molecule has 2 aromatic heterocycles. The van der Waals surface area contributed by atoms with Gasteiger partial charge in [-0.25, -0.2) is 9.67 Å². The molecule has 4 N–H and O–H groups in total. The van der Waals surface area contributed by atoms with Crippen LogP contribution in [0.4, 0.5) is 17.3 Å². The van der Waals surface area contributed by atoms with Gasteiger partial charge in [0, 0.05) is 17.6 Å². The summed E-state index contributed by atoms with van der Waals surface area (Å²) in [7, 11) is 0. The molecule has 7 heteroatoms. The third-order valence-corrected chi connectivity index (χ3v) is 3.57. The molecule has 24 heavy (non-hydrogen) atoms. The number of nitrogens with two attached hydrogens (primary N) is 1. The van der Waals surface area contributed by atoms with Crippen LogP contribution in [-0.4, -0.2) is 24.9 Å². The molecule has 0 saturated heterocycles. The number of hydrogen-bond acceptors (Lipinski definition) is 6. The summed E-state index contributed by atoms with van der Waals surface area (Å²) >= 11 is 0. The van der Waals surface area contributed by atoms with Crippen molar-refractivity contribution < 1.29 is 5.11 Å². The molecule has 0 atom stereocenters. The fraction of sp³-hybridized carbons (Fsp3) is 0. The number of hydrogen-bond donors (Lipinski definition) is 3. The van der Waals surface area contributed by atoms with Crippen LogP contribution < -0.4 is 11.1 Å². The van der Waals surface area contributed by atoms with Crippen molar-refractivity contribution in [1.29, 1.82) is 0 Å². The topological polar surface area (TPSA) is 102 Å². The second-order valence-corrected chi connectivity index (χ2v) is 5.29. The third kappa shape index (κ3) is 2.58. The summed E-state index contributed by atoms with van der Waals surface area (Å²) in [5.74, 6) is 0.670. The first-order chi connectivity index (χ1) is 11.7. The highest BCUT2D eigenvalue weighted by Crippen LogP contribution is 2.21. The van der Waals surface area contributed by atoms with Gasteiger partial charge < -0.3 is 16.2 Å². The molecule has 2 heterocycles. The second kappa shape index (κ2) is 5.54. The average molecular weight is 318 g/mol. The van der Waals surface area contributed by atoms with E-state index in [4.69, 9.17) is 5.73 Å². The number of aromatic hydroxyl groups is 1. The Kier molecular flexibility index (Phi) is 3.24. The van der Waals surface area contributed by atoms with Crippen LogP contribution in [-0.2, 0) is 0 Å². The fourth-order valence-electron chi connectivity index (χ4n) is 2.36. The quantitative estimate of drug-likeness (QED) is 0.502. The number of nitrogens with zero attached hydrogens (tertiary/aromatic N) is 4. The van der Waals surface area contributed by atoms with Crippen molar-refractivity contribution in [2.24, 2.45) is 0 Å². The van der Waals surface area contributed by atoms with Crippen molar-refractivity contribution in [2.75, 3.05) is 11.1 Å². The standard InChI is InChI=1S/C17H14N6O/c18-12-1-3-13(4-2-12)21-17-19-9-11-10-20-23(16(11)22-17)14-5-7-15(24)8-6-14/h1-10,24H,18H2,(H,19,21,22). The molecule has 4 rings (SSSR count). The Hall–Kier alpha value is -3.61. The normalized spacial score (nSPS) is 10.8. The van der Waals surface area contributed by atoms with E-state index in [2.05, 4.69) is 20.4 Å². The molecule has 0 fully saturated rings. The molecule has 0 amide bonds. The highest BCUT2D eigenvalue weighted by atomic mass is 16.3. The van der Waals surface area contributed by atoms with Gasteiger partial charge in [0.2, 0.25) is 5.95 Å². The van der Waals surface area contributed by atoms with Gasteiger partial charge in [-0.15, -0.1) is 0 Å². The van der Waals surface area contributed by atoms with E-state index < -0.39 is 0 Å². The van der Waals surface area contributed by atoms with E-state index in [0.29, 0.717) is 17.3 Å². The first kappa shape index (κ1) is 14.0. The molecule has 118 valence electrons. The van der Waals surface area contributed by atoms with Gasteiger partial charge in [-0.2, -0.15) is 10.1 Å². The number of benzene rings is 2. The van der Waals surface area contributed by atoms with Crippen LogP contribution in [0.3, 0.4) is 0 Å². The Morgan fingerprint density at radius 2 is 1.71 bits per heavy atom. The Morgan fingerprint density at radius 3 is 2.46 bits per heavy atom. The number of anilines is 3. The molecular weight excluding hydrogens is 304 g/mol. The molecule has 7 nitrogen and oxygen atoms in total. The number of aromatic nitrogens is 4. The number of nitrogens with one attached hydrogen (secondary N) is 1. The van der Waals surface area contributed by atoms with E-state index in [9.17, 15) is 5.11 Å². The van der Waals surface area contributed by atoms with Crippen molar-refractivity contribution in [3.63, 3.8) is 0 Å². The molecule has 0 saturated carbocycles. The lowest BCUT2D eigenvalue weighted by molar-refractivity contribution is 0.475. The summed E-state index contributed by atoms with van der Waals surface area (Å²) in [6.45, 7) is 0. The number of phenolic OH excluding ortho intramolecular Hbond substituents is 1. The summed E-state index contributed by atoms with van der Waals surface area (Å²) in [4.78, 5) is 8.84. The van der Waals surface area contributed by atoms with Gasteiger partial charge in [-0.05, 0) is 48.5 Å². The molecule has 0 unspecified atom stereocenters. The highest BCUT2D eigenvalue weighted by Gasteiger charge is 2.09. The van der Waals surface area contributed by atoms with E-state index in [-0.39, 0.29) is 5.75 Å². The van der Waals surface area contributed by atoms with Crippen LogP contribution in [0.5, 0.6) is 5.75 Å². The number of phenols is 1. The molecule has 0 radical (unpaired) electrons. The van der Waals surface area contributed by atoms with Crippen molar-refractivity contribution in [3.8, 4) is 11.4 Å². The lowest BCUT2D eigenvalue weighted by Gasteiger charge is -2.06. The van der Waals surface area contributed by atoms with Crippen molar-refractivity contribution >= 4 is 28.4 Å². The average Bonchev–Trinajstić information content (AvgIpc) is 3.01. The zero-order chi connectivity index (χ0) is 16.5. The first-order valence-electron chi connectivity index (χ1n) is 7.32. The van der Waals surface area contributed by atoms with E-state index in [1.807, 2.05) is 24.3 Å². The molecule has 4 aromatic rings. The lowest BCUT2D eigenvalue weighted by atomic mass is 10.3. The lowest BCUT2D eigenvalue weighted by Crippen LogP contribution is -2.01. The van der Waals surface area contributed by atoms with Crippen LogP contribution in [0, 0.1) is 0 Å². The van der Waals surface area contributed by atoms with Gasteiger partial charge in [0.25, 0.3) is 0 Å². The summed E-state index contributed by atoms with van der Waals surface area (Å²) in [6.07, 6.45) is 3.42. The Bertz CT molecular complexity index is 992. The number of nitrogen functional groups attached to an aromatic ring is 1. The van der Waals surface area contributed by atoms with Crippen LogP contribution in [0.1, 0.15) is 0 Å². The first-order valence-corrected chi connectivity index (χ1v) is 7.32. The van der Waals surface area contributed by atoms with Crippen LogP contribution in [0.25, 0.3) is 16.7 Å². The molecule has 0 spiro atoms. The fourth-order valence-corrected chi connectivity index (χ4v) is 2.36. The number of fused-ring (bicyclic) bond motifs is 1. The Balaban J connectivity index is 1.72. The maximum Gasteiger partial charge on any atom is 0.229 e. The highest BCUT2D eigenvalue weighted by molar-refractivity contribution is 5.77. The summed E-state index contributed by atoms with van der Waals surface area (Å²) in [6, 6.07) is 14.1. The van der Waals surface area contributed by atoms with Gasteiger partial charge in [0.15, 0.2) is 5.65 Å². The second-order valence-electron chi connectivity index (χ2n) is 5.29. The summed E-state index contributed by atoms with van der Waals surface area (Å²) in [5.41, 5.74) is 8.71. The van der Waals surface area contributed by atoms with E-state index in [1.165, 1.54) is 0 Å². The Labute approximate surface area is 137 Å². The van der Waals surface area contributed by atoms with Gasteiger partial charge in [0.05, 0.1) is 17.3 Å². The minimum atomic E-state index is 0.204. The molecule has 0 aliphatic heterocycles. The zero-order valence-corrected chi connectivity index (χ0v) is 12.6. The van der Waals surface area contributed by atoms with E-state index >= 15 is 0 Å². The zero-order valence-electron chi connectivity index (χ0n) is 12.6. The molecule has 0 bridgehead atoms. The predicted molar refractivity (Wildman–Crippen MR) is 92.5 cm³/mol. The minimum absolute atomic E-state index is 0.204. The maximum atomic E-state index is 9.42. The molecule has 2 aromatic carbocycles. The van der Waals surface area contributed by atoms with E-state index in [1.54, 1.807) is 41.3 Å². The van der Waals surface area contributed by atoms with Crippen molar-refractivity contribution in [1.82, 2.24) is 19.7 Å². The smallest absolute Gasteiger partial charge is 0.229 e. The molecule has 0 aliphatic carbocycles. The Morgan fingerprint density at radius 1 is 0.958 bits per heavy atom. The summed E-state index contributed by atoms with van der Waals surface area (Å²) in [5, 5.41) is 17.7. The van der Waals surface area contributed by atoms with E-state index in [0.717, 1.165) is 16.8 Å². The van der Waals surface area contributed by atoms with Crippen molar-refractivity contribution in [3.05, 3.63) is 60.9 Å². The maximum absolute atomic E-state index is 9.42.